The lowest BCUT2D eigenvalue weighted by molar-refractivity contribution is 0.0526. The van der Waals surface area contributed by atoms with Crippen molar-refractivity contribution in [2.75, 3.05) is 16.6 Å². The molecule has 3 rings (SSSR count). The van der Waals surface area contributed by atoms with Gasteiger partial charge in [-0.25, -0.2) is 13.2 Å². The molecule has 6 nitrogen and oxygen atoms in total. The molecule has 29 heavy (non-hydrogen) atoms. The zero-order valence-electron chi connectivity index (χ0n) is 16.2. The Morgan fingerprint density at radius 3 is 2.14 bits per heavy atom. The van der Waals surface area contributed by atoms with Crippen molar-refractivity contribution in [1.82, 2.24) is 0 Å². The van der Waals surface area contributed by atoms with E-state index >= 15 is 0 Å². The van der Waals surface area contributed by atoms with Gasteiger partial charge >= 0.3 is 5.97 Å². The number of rotatable bonds is 7. The van der Waals surface area contributed by atoms with E-state index in [1.165, 1.54) is 24.3 Å². The molecule has 0 heterocycles. The Labute approximate surface area is 170 Å². The third kappa shape index (κ3) is 5.14. The molecule has 0 saturated carbocycles. The van der Waals surface area contributed by atoms with Crippen LogP contribution in [0.2, 0.25) is 0 Å². The second-order valence-corrected chi connectivity index (χ2v) is 8.07. The molecule has 3 aromatic carbocycles. The summed E-state index contributed by atoms with van der Waals surface area (Å²) in [4.78, 5) is 11.8. The maximum atomic E-state index is 12.8. The van der Waals surface area contributed by atoms with Gasteiger partial charge in [-0.3, -0.25) is 4.72 Å². The van der Waals surface area contributed by atoms with Gasteiger partial charge in [-0.15, -0.1) is 0 Å². The van der Waals surface area contributed by atoms with E-state index in [0.29, 0.717) is 16.9 Å². The maximum Gasteiger partial charge on any atom is 0.338 e. The Morgan fingerprint density at radius 1 is 0.897 bits per heavy atom. The summed E-state index contributed by atoms with van der Waals surface area (Å²) >= 11 is 0. The van der Waals surface area contributed by atoms with Gasteiger partial charge in [-0.1, -0.05) is 29.8 Å². The zero-order valence-corrected chi connectivity index (χ0v) is 17.0. The standard InChI is InChI=1S/C22H22N2O4S/c1-3-28-22(25)17-10-14-19(15-11-17)29(26,27)24-21-7-5-4-6-20(21)23-18-12-8-16(2)9-13-18/h4-15,23-24H,3H2,1-2H3. The number of carbonyl (C=O) groups excluding carboxylic acids is 1. The molecule has 0 aliphatic rings. The van der Waals surface area contributed by atoms with Crippen LogP contribution >= 0.6 is 0 Å². The number of anilines is 3. The minimum atomic E-state index is -3.83. The van der Waals surface area contributed by atoms with Crippen molar-refractivity contribution >= 4 is 33.1 Å². The fraction of sp³-hybridized carbons (Fsp3) is 0.136. The summed E-state index contributed by atoms with van der Waals surface area (Å²) in [7, 11) is -3.83. The van der Waals surface area contributed by atoms with Crippen molar-refractivity contribution in [3.63, 3.8) is 0 Å². The van der Waals surface area contributed by atoms with E-state index < -0.39 is 16.0 Å². The molecule has 0 bridgehead atoms. The maximum absolute atomic E-state index is 12.8. The van der Waals surface area contributed by atoms with E-state index in [2.05, 4.69) is 10.0 Å². The number of sulfonamides is 1. The van der Waals surface area contributed by atoms with E-state index in [0.717, 1.165) is 11.3 Å². The molecule has 0 radical (unpaired) electrons. The summed E-state index contributed by atoms with van der Waals surface area (Å²) in [6.07, 6.45) is 0. The summed E-state index contributed by atoms with van der Waals surface area (Å²) in [5, 5.41) is 3.22. The first-order valence-electron chi connectivity index (χ1n) is 9.12. The molecule has 7 heteroatoms. The quantitative estimate of drug-likeness (QED) is 0.551. The van der Waals surface area contributed by atoms with Gasteiger partial charge < -0.3 is 10.1 Å². The Bertz CT molecular complexity index is 1090. The van der Waals surface area contributed by atoms with Crippen LogP contribution in [0.25, 0.3) is 0 Å². The summed E-state index contributed by atoms with van der Waals surface area (Å²) < 4.78 is 33.1. The monoisotopic (exact) mass is 410 g/mol. The number of ether oxygens (including phenoxy) is 1. The van der Waals surface area contributed by atoms with Gasteiger partial charge in [0.15, 0.2) is 0 Å². The van der Waals surface area contributed by atoms with Gasteiger partial charge in [0.1, 0.15) is 0 Å². The second-order valence-electron chi connectivity index (χ2n) is 6.39. The van der Waals surface area contributed by atoms with Gasteiger partial charge in [0, 0.05) is 5.69 Å². The third-order valence-corrected chi connectivity index (χ3v) is 5.56. The average molecular weight is 410 g/mol. The van der Waals surface area contributed by atoms with Crippen molar-refractivity contribution < 1.29 is 17.9 Å². The first-order chi connectivity index (χ1) is 13.9. The smallest absolute Gasteiger partial charge is 0.338 e. The van der Waals surface area contributed by atoms with Crippen LogP contribution in [0.1, 0.15) is 22.8 Å². The molecule has 3 aromatic rings. The van der Waals surface area contributed by atoms with Crippen molar-refractivity contribution in [3.05, 3.63) is 83.9 Å². The van der Waals surface area contributed by atoms with Gasteiger partial charge in [0.25, 0.3) is 10.0 Å². The van der Waals surface area contributed by atoms with E-state index in [1.807, 2.05) is 37.3 Å². The first-order valence-corrected chi connectivity index (χ1v) is 10.6. The SMILES string of the molecule is CCOC(=O)c1ccc(S(=O)(=O)Nc2ccccc2Nc2ccc(C)cc2)cc1. The second kappa shape index (κ2) is 8.79. The van der Waals surface area contributed by atoms with Crippen LogP contribution in [0, 0.1) is 6.92 Å². The van der Waals surface area contributed by atoms with Crippen LogP contribution in [-0.2, 0) is 14.8 Å². The first kappa shape index (κ1) is 20.4. The molecule has 0 amide bonds. The molecule has 0 atom stereocenters. The molecule has 150 valence electrons. The van der Waals surface area contributed by atoms with Crippen molar-refractivity contribution in [1.29, 1.82) is 0 Å². The molecule has 0 unspecified atom stereocenters. The number of hydrogen-bond donors (Lipinski definition) is 2. The number of para-hydroxylation sites is 2. The van der Waals surface area contributed by atoms with E-state index in [1.54, 1.807) is 25.1 Å². The number of benzene rings is 3. The van der Waals surface area contributed by atoms with Crippen molar-refractivity contribution in [3.8, 4) is 0 Å². The highest BCUT2D eigenvalue weighted by Crippen LogP contribution is 2.27. The number of aryl methyl sites for hydroxylation is 1. The molecule has 0 saturated heterocycles. The Kier molecular flexibility index (Phi) is 6.19. The van der Waals surface area contributed by atoms with E-state index in [9.17, 15) is 13.2 Å². The lowest BCUT2D eigenvalue weighted by atomic mass is 10.2. The van der Waals surface area contributed by atoms with Crippen molar-refractivity contribution in [2.45, 2.75) is 18.7 Å². The van der Waals surface area contributed by atoms with E-state index in [-0.39, 0.29) is 11.5 Å². The Balaban J connectivity index is 1.81. The van der Waals surface area contributed by atoms with Gasteiger partial charge in [-0.05, 0) is 62.4 Å². The zero-order chi connectivity index (χ0) is 20.9. The summed E-state index contributed by atoms with van der Waals surface area (Å²) in [5.74, 6) is -0.489. The van der Waals surface area contributed by atoms with Crippen LogP contribution in [0.4, 0.5) is 17.1 Å². The van der Waals surface area contributed by atoms with Gasteiger partial charge in [-0.2, -0.15) is 0 Å². The van der Waals surface area contributed by atoms with Gasteiger partial charge in [0.2, 0.25) is 0 Å². The highest BCUT2D eigenvalue weighted by atomic mass is 32.2. The highest BCUT2D eigenvalue weighted by molar-refractivity contribution is 7.92. The minimum Gasteiger partial charge on any atom is -0.462 e. The Morgan fingerprint density at radius 2 is 1.52 bits per heavy atom. The lowest BCUT2D eigenvalue weighted by Gasteiger charge is -2.14. The van der Waals surface area contributed by atoms with Crippen LogP contribution in [0.3, 0.4) is 0 Å². The average Bonchev–Trinajstić information content (AvgIpc) is 2.71. The van der Waals surface area contributed by atoms with Gasteiger partial charge in [0.05, 0.1) is 28.4 Å². The van der Waals surface area contributed by atoms with E-state index in [4.69, 9.17) is 4.74 Å². The van der Waals surface area contributed by atoms with Crippen LogP contribution in [0.15, 0.2) is 77.7 Å². The molecule has 0 fully saturated rings. The topological polar surface area (TPSA) is 84.5 Å². The fourth-order valence-electron chi connectivity index (χ4n) is 2.66. The number of esters is 1. The lowest BCUT2D eigenvalue weighted by Crippen LogP contribution is -2.14. The fourth-order valence-corrected chi connectivity index (χ4v) is 3.74. The number of nitrogens with one attached hydrogen (secondary N) is 2. The van der Waals surface area contributed by atoms with Crippen LogP contribution in [-0.4, -0.2) is 21.0 Å². The number of hydrogen-bond acceptors (Lipinski definition) is 5. The number of carbonyl (C=O) groups is 1. The summed E-state index contributed by atoms with van der Waals surface area (Å²) in [5.41, 5.74) is 3.33. The normalized spacial score (nSPS) is 11.0. The van der Waals surface area contributed by atoms with Crippen LogP contribution < -0.4 is 10.0 Å². The summed E-state index contributed by atoms with van der Waals surface area (Å²) in [6.45, 7) is 3.97. The molecule has 2 N–H and O–H groups in total. The molecule has 0 aromatic heterocycles. The predicted octanol–water partition coefficient (Wildman–Crippen LogP) is 4.72. The van der Waals surface area contributed by atoms with Crippen molar-refractivity contribution in [2.24, 2.45) is 0 Å². The molecule has 0 aliphatic heterocycles. The molecular weight excluding hydrogens is 388 g/mol. The summed E-state index contributed by atoms with van der Waals surface area (Å²) in [6, 6.07) is 20.5. The largest absolute Gasteiger partial charge is 0.462 e. The predicted molar refractivity (Wildman–Crippen MR) is 114 cm³/mol. The van der Waals surface area contributed by atoms with Crippen LogP contribution in [0.5, 0.6) is 0 Å². The molecule has 0 spiro atoms. The highest BCUT2D eigenvalue weighted by Gasteiger charge is 2.17. The minimum absolute atomic E-state index is 0.0516. The molecular formula is C22H22N2O4S. The third-order valence-electron chi connectivity index (χ3n) is 4.18. The Hall–Kier alpha value is -3.32. The molecule has 0 aliphatic carbocycles.